The van der Waals surface area contributed by atoms with E-state index < -0.39 is 0 Å². The van der Waals surface area contributed by atoms with E-state index in [0.29, 0.717) is 0 Å². The summed E-state index contributed by atoms with van der Waals surface area (Å²) >= 11 is 0. The zero-order valence-electron chi connectivity index (χ0n) is 9.22. The summed E-state index contributed by atoms with van der Waals surface area (Å²) in [5.74, 6) is 0.776. The molecule has 0 aromatic rings. The van der Waals surface area contributed by atoms with Crippen LogP contribution in [0.5, 0.6) is 0 Å². The highest BCUT2D eigenvalue weighted by Gasteiger charge is 1.93. The Hall–Kier alpha value is -1.05. The van der Waals surface area contributed by atoms with Crippen LogP contribution in [0.4, 0.5) is 0 Å². The first-order valence-corrected chi connectivity index (χ1v) is 4.56. The molecule has 0 fully saturated rings. The van der Waals surface area contributed by atoms with E-state index >= 15 is 0 Å². The Bertz CT molecular complexity index is 230. The number of hydrogen-bond acceptors (Lipinski definition) is 2. The standard InChI is InChI=1S/C11H19NO/c1-6-9(3)8-10(4)12-11(7-2)13-5/h6,8H,7H2,1-5H3/b9-6-,10-8+,12-11?. The summed E-state index contributed by atoms with van der Waals surface area (Å²) < 4.78 is 5.08. The molecule has 0 saturated carbocycles. The molecule has 2 nitrogen and oxygen atoms in total. The van der Waals surface area contributed by atoms with Crippen molar-refractivity contribution in [1.82, 2.24) is 0 Å². The molecule has 0 radical (unpaired) electrons. The average molecular weight is 181 g/mol. The maximum atomic E-state index is 5.08. The van der Waals surface area contributed by atoms with Gasteiger partial charge in [0.15, 0.2) is 5.90 Å². The van der Waals surface area contributed by atoms with Crippen LogP contribution in [0.1, 0.15) is 34.1 Å². The maximum Gasteiger partial charge on any atom is 0.187 e. The van der Waals surface area contributed by atoms with Crippen LogP contribution in [0.3, 0.4) is 0 Å². The number of methoxy groups -OCH3 is 1. The zero-order chi connectivity index (χ0) is 10.3. The van der Waals surface area contributed by atoms with Crippen LogP contribution >= 0.6 is 0 Å². The third-order valence-electron chi connectivity index (χ3n) is 1.73. The van der Waals surface area contributed by atoms with Gasteiger partial charge in [0.05, 0.1) is 7.11 Å². The average Bonchev–Trinajstić information content (AvgIpc) is 2.13. The Balaban J connectivity index is 4.51. The lowest BCUT2D eigenvalue weighted by atomic mass is 10.2. The van der Waals surface area contributed by atoms with Gasteiger partial charge in [0.25, 0.3) is 0 Å². The first-order valence-electron chi connectivity index (χ1n) is 4.56. The Morgan fingerprint density at radius 1 is 1.38 bits per heavy atom. The molecule has 0 bridgehead atoms. The Morgan fingerprint density at radius 2 is 2.00 bits per heavy atom. The van der Waals surface area contributed by atoms with Gasteiger partial charge in [0.2, 0.25) is 0 Å². The Labute approximate surface area is 81.0 Å². The van der Waals surface area contributed by atoms with E-state index in [1.807, 2.05) is 26.8 Å². The molecule has 0 amide bonds. The molecule has 0 aromatic carbocycles. The van der Waals surface area contributed by atoms with Crippen LogP contribution in [0, 0.1) is 0 Å². The molecule has 0 rings (SSSR count). The topological polar surface area (TPSA) is 21.6 Å². The van der Waals surface area contributed by atoms with Crippen molar-refractivity contribution in [2.75, 3.05) is 7.11 Å². The van der Waals surface area contributed by atoms with Crippen LogP contribution in [-0.2, 0) is 4.74 Å². The van der Waals surface area contributed by atoms with E-state index in [-0.39, 0.29) is 0 Å². The van der Waals surface area contributed by atoms with Crippen molar-refractivity contribution in [3.8, 4) is 0 Å². The summed E-state index contributed by atoms with van der Waals surface area (Å²) in [4.78, 5) is 4.32. The van der Waals surface area contributed by atoms with E-state index in [1.165, 1.54) is 5.57 Å². The first kappa shape index (κ1) is 11.9. The maximum absolute atomic E-state index is 5.08. The SMILES string of the molecule is C/C=C(C)\C=C(/C)N=C(CC)OC. The summed E-state index contributed by atoms with van der Waals surface area (Å²) in [5.41, 5.74) is 2.20. The molecular weight excluding hydrogens is 162 g/mol. The molecule has 0 heterocycles. The minimum Gasteiger partial charge on any atom is -0.484 e. The molecule has 13 heavy (non-hydrogen) atoms. The van der Waals surface area contributed by atoms with Crippen molar-refractivity contribution in [1.29, 1.82) is 0 Å². The highest BCUT2D eigenvalue weighted by Crippen LogP contribution is 2.04. The smallest absolute Gasteiger partial charge is 0.187 e. The summed E-state index contributed by atoms with van der Waals surface area (Å²) in [6, 6.07) is 0. The van der Waals surface area contributed by atoms with Crippen LogP contribution in [0.25, 0.3) is 0 Å². The molecule has 0 aromatic heterocycles. The lowest BCUT2D eigenvalue weighted by molar-refractivity contribution is 0.392. The molecular formula is C11H19NO. The lowest BCUT2D eigenvalue weighted by Gasteiger charge is -2.01. The molecule has 0 atom stereocenters. The van der Waals surface area contributed by atoms with Gasteiger partial charge in [-0.2, -0.15) is 0 Å². The van der Waals surface area contributed by atoms with Crippen LogP contribution in [-0.4, -0.2) is 13.0 Å². The van der Waals surface area contributed by atoms with Crippen molar-refractivity contribution in [2.45, 2.75) is 34.1 Å². The molecule has 0 aliphatic heterocycles. The second-order valence-corrected chi connectivity index (χ2v) is 2.88. The summed E-state index contributed by atoms with van der Waals surface area (Å²) in [7, 11) is 1.65. The number of nitrogens with zero attached hydrogens (tertiary/aromatic N) is 1. The van der Waals surface area contributed by atoms with E-state index in [9.17, 15) is 0 Å². The first-order chi connectivity index (χ1) is 6.13. The van der Waals surface area contributed by atoms with Crippen molar-refractivity contribution >= 4 is 5.90 Å². The number of allylic oxidation sites excluding steroid dienone is 4. The van der Waals surface area contributed by atoms with E-state index in [0.717, 1.165) is 18.0 Å². The van der Waals surface area contributed by atoms with E-state index in [4.69, 9.17) is 4.74 Å². The van der Waals surface area contributed by atoms with Gasteiger partial charge in [-0.25, -0.2) is 4.99 Å². The fraction of sp³-hybridized carbons (Fsp3) is 0.545. The van der Waals surface area contributed by atoms with Gasteiger partial charge in [0.1, 0.15) is 0 Å². The third-order valence-corrected chi connectivity index (χ3v) is 1.73. The van der Waals surface area contributed by atoms with Gasteiger partial charge >= 0.3 is 0 Å². The van der Waals surface area contributed by atoms with Crippen molar-refractivity contribution in [3.05, 3.63) is 23.4 Å². The summed E-state index contributed by atoms with van der Waals surface area (Å²) in [5, 5.41) is 0. The predicted molar refractivity (Wildman–Crippen MR) is 57.9 cm³/mol. The van der Waals surface area contributed by atoms with Gasteiger partial charge in [-0.1, -0.05) is 18.6 Å². The second kappa shape index (κ2) is 6.46. The van der Waals surface area contributed by atoms with Gasteiger partial charge < -0.3 is 4.74 Å². The highest BCUT2D eigenvalue weighted by molar-refractivity contribution is 5.76. The van der Waals surface area contributed by atoms with Gasteiger partial charge in [-0.15, -0.1) is 0 Å². The zero-order valence-corrected chi connectivity index (χ0v) is 9.22. The van der Waals surface area contributed by atoms with Crippen molar-refractivity contribution in [3.63, 3.8) is 0 Å². The minimum absolute atomic E-state index is 0.776. The third kappa shape index (κ3) is 5.23. The lowest BCUT2D eigenvalue weighted by Crippen LogP contribution is -1.98. The minimum atomic E-state index is 0.776. The second-order valence-electron chi connectivity index (χ2n) is 2.88. The number of ether oxygens (including phenoxy) is 1. The molecule has 2 heteroatoms. The summed E-state index contributed by atoms with van der Waals surface area (Å²) in [6.07, 6.45) is 4.92. The number of aliphatic imine (C=N–C) groups is 1. The molecule has 0 spiro atoms. The highest BCUT2D eigenvalue weighted by atomic mass is 16.5. The van der Waals surface area contributed by atoms with Crippen LogP contribution < -0.4 is 0 Å². The normalized spacial score (nSPS) is 14.7. The number of rotatable bonds is 3. The molecule has 0 aliphatic carbocycles. The number of hydrogen-bond donors (Lipinski definition) is 0. The van der Waals surface area contributed by atoms with Crippen LogP contribution in [0.15, 0.2) is 28.4 Å². The Morgan fingerprint density at radius 3 is 2.38 bits per heavy atom. The molecule has 74 valence electrons. The molecule has 0 saturated heterocycles. The Kier molecular flexibility index (Phi) is 5.94. The predicted octanol–water partition coefficient (Wildman–Crippen LogP) is 3.31. The monoisotopic (exact) mass is 181 g/mol. The van der Waals surface area contributed by atoms with Crippen molar-refractivity contribution in [2.24, 2.45) is 4.99 Å². The van der Waals surface area contributed by atoms with E-state index in [1.54, 1.807) is 7.11 Å². The molecule has 0 unspecified atom stereocenters. The fourth-order valence-electron chi connectivity index (χ4n) is 0.911. The van der Waals surface area contributed by atoms with E-state index in [2.05, 4.69) is 18.0 Å². The van der Waals surface area contributed by atoms with Gasteiger partial charge in [-0.3, -0.25) is 0 Å². The summed E-state index contributed by atoms with van der Waals surface area (Å²) in [6.45, 7) is 8.07. The quantitative estimate of drug-likeness (QED) is 0.372. The van der Waals surface area contributed by atoms with Gasteiger partial charge in [0, 0.05) is 12.1 Å². The van der Waals surface area contributed by atoms with Gasteiger partial charge in [-0.05, 0) is 26.8 Å². The largest absolute Gasteiger partial charge is 0.484 e. The molecule has 0 aliphatic rings. The van der Waals surface area contributed by atoms with Crippen molar-refractivity contribution < 1.29 is 4.74 Å². The fourth-order valence-corrected chi connectivity index (χ4v) is 0.911. The van der Waals surface area contributed by atoms with Crippen LogP contribution in [0.2, 0.25) is 0 Å². The molecule has 0 N–H and O–H groups in total.